The highest BCUT2D eigenvalue weighted by Crippen LogP contribution is 2.29. The summed E-state index contributed by atoms with van der Waals surface area (Å²) in [4.78, 5) is 10.2. The highest BCUT2D eigenvalue weighted by Gasteiger charge is 2.08. The third-order valence-corrected chi connectivity index (χ3v) is 4.27. The minimum Gasteiger partial charge on any atom is -0.490 e. The first-order valence-electron chi connectivity index (χ1n) is 9.52. The molecule has 156 valence electrons. The average molecular weight is 416 g/mol. The molecule has 8 nitrogen and oxygen atoms in total. The molecule has 0 aromatic heterocycles. The zero-order chi connectivity index (χ0) is 22.1. The average Bonchev–Trinajstić information content (AvgIpc) is 2.79. The van der Waals surface area contributed by atoms with Crippen LogP contribution in [-0.4, -0.2) is 17.7 Å². The first kappa shape index (κ1) is 21.3. The molecule has 0 saturated carbocycles. The van der Waals surface area contributed by atoms with Crippen molar-refractivity contribution in [2.45, 2.75) is 13.5 Å². The van der Waals surface area contributed by atoms with Gasteiger partial charge in [0.05, 0.1) is 35.1 Å². The van der Waals surface area contributed by atoms with Crippen molar-refractivity contribution in [2.75, 3.05) is 12.0 Å². The molecule has 0 aliphatic heterocycles. The number of hydrazone groups is 1. The SMILES string of the molecule is CCOc1cc(/C=N/Nc2ccc([N+](=O)[O-])cc2)ccc1OCc1ccccc1C#N. The van der Waals surface area contributed by atoms with E-state index < -0.39 is 4.92 Å². The molecule has 0 radical (unpaired) electrons. The van der Waals surface area contributed by atoms with Gasteiger partial charge in [0.2, 0.25) is 0 Å². The second-order valence-electron chi connectivity index (χ2n) is 6.37. The molecule has 0 unspecified atom stereocenters. The van der Waals surface area contributed by atoms with Gasteiger partial charge in [0.1, 0.15) is 6.61 Å². The minimum absolute atomic E-state index is 0.0175. The van der Waals surface area contributed by atoms with Crippen molar-refractivity contribution in [2.24, 2.45) is 5.10 Å². The fraction of sp³-hybridized carbons (Fsp3) is 0.130. The van der Waals surface area contributed by atoms with E-state index in [1.54, 1.807) is 36.5 Å². The van der Waals surface area contributed by atoms with Crippen LogP contribution in [-0.2, 0) is 6.61 Å². The van der Waals surface area contributed by atoms with E-state index in [1.807, 2.05) is 31.2 Å². The van der Waals surface area contributed by atoms with E-state index in [0.29, 0.717) is 29.4 Å². The van der Waals surface area contributed by atoms with Crippen LogP contribution in [0, 0.1) is 21.4 Å². The molecule has 0 saturated heterocycles. The lowest BCUT2D eigenvalue weighted by molar-refractivity contribution is -0.384. The Balaban J connectivity index is 1.68. The van der Waals surface area contributed by atoms with E-state index in [1.165, 1.54) is 12.1 Å². The Morgan fingerprint density at radius 1 is 1.10 bits per heavy atom. The van der Waals surface area contributed by atoms with Gasteiger partial charge in [0.25, 0.3) is 5.69 Å². The van der Waals surface area contributed by atoms with Crippen molar-refractivity contribution < 1.29 is 14.4 Å². The summed E-state index contributed by atoms with van der Waals surface area (Å²) in [5, 5.41) is 24.1. The van der Waals surface area contributed by atoms with Crippen molar-refractivity contribution in [3.63, 3.8) is 0 Å². The summed E-state index contributed by atoms with van der Waals surface area (Å²) in [5.41, 5.74) is 5.62. The Bertz CT molecular complexity index is 1120. The molecule has 3 rings (SSSR count). The predicted octanol–water partition coefficient (Wildman–Crippen LogP) is 4.89. The molecule has 0 aliphatic carbocycles. The molecule has 8 heteroatoms. The molecule has 0 bridgehead atoms. The first-order chi connectivity index (χ1) is 15.1. The van der Waals surface area contributed by atoms with Crippen molar-refractivity contribution in [1.29, 1.82) is 5.26 Å². The quantitative estimate of drug-likeness (QED) is 0.302. The summed E-state index contributed by atoms with van der Waals surface area (Å²) in [7, 11) is 0. The number of nitro benzene ring substituents is 1. The van der Waals surface area contributed by atoms with Gasteiger partial charge in [-0.2, -0.15) is 10.4 Å². The van der Waals surface area contributed by atoms with Crippen LogP contribution in [0.15, 0.2) is 71.8 Å². The van der Waals surface area contributed by atoms with Crippen LogP contribution in [0.4, 0.5) is 11.4 Å². The predicted molar refractivity (Wildman–Crippen MR) is 117 cm³/mol. The topological polar surface area (TPSA) is 110 Å². The summed E-state index contributed by atoms with van der Waals surface area (Å²) in [5.74, 6) is 1.13. The van der Waals surface area contributed by atoms with Gasteiger partial charge in [0, 0.05) is 17.7 Å². The number of hydrogen-bond acceptors (Lipinski definition) is 7. The number of non-ortho nitro benzene ring substituents is 1. The van der Waals surface area contributed by atoms with Gasteiger partial charge in [-0.3, -0.25) is 15.5 Å². The standard InChI is InChI=1S/C23H20N4O4/c1-2-30-23-13-17(15-25-26-20-8-10-21(11-9-20)27(28)29)7-12-22(23)31-16-19-6-4-3-5-18(19)14-24/h3-13,15,26H,2,16H2,1H3/b25-15+. The smallest absolute Gasteiger partial charge is 0.269 e. The molecule has 3 aromatic carbocycles. The van der Waals surface area contributed by atoms with Crippen molar-refractivity contribution in [1.82, 2.24) is 0 Å². The molecular weight excluding hydrogens is 396 g/mol. The molecule has 0 fully saturated rings. The number of hydrogen-bond donors (Lipinski definition) is 1. The van der Waals surface area contributed by atoms with Gasteiger partial charge in [-0.25, -0.2) is 0 Å². The molecule has 3 aromatic rings. The highest BCUT2D eigenvalue weighted by atomic mass is 16.6. The number of rotatable bonds is 9. The number of nitriles is 1. The van der Waals surface area contributed by atoms with E-state index in [9.17, 15) is 15.4 Å². The number of nitro groups is 1. The van der Waals surface area contributed by atoms with E-state index in [4.69, 9.17) is 9.47 Å². The lowest BCUT2D eigenvalue weighted by Crippen LogP contribution is -2.02. The molecule has 0 amide bonds. The fourth-order valence-electron chi connectivity index (χ4n) is 2.74. The maximum atomic E-state index is 10.7. The molecule has 0 spiro atoms. The number of anilines is 1. The molecule has 0 heterocycles. The van der Waals surface area contributed by atoms with Crippen LogP contribution >= 0.6 is 0 Å². The van der Waals surface area contributed by atoms with Gasteiger partial charge in [0.15, 0.2) is 11.5 Å². The third-order valence-electron chi connectivity index (χ3n) is 4.27. The summed E-state index contributed by atoms with van der Waals surface area (Å²) in [6.07, 6.45) is 1.61. The molecule has 31 heavy (non-hydrogen) atoms. The number of nitrogens with one attached hydrogen (secondary N) is 1. The van der Waals surface area contributed by atoms with E-state index >= 15 is 0 Å². The Kier molecular flexibility index (Phi) is 7.16. The van der Waals surface area contributed by atoms with Crippen LogP contribution in [0.5, 0.6) is 11.5 Å². The number of nitrogens with zero attached hydrogens (tertiary/aromatic N) is 3. The molecular formula is C23H20N4O4. The zero-order valence-electron chi connectivity index (χ0n) is 16.8. The summed E-state index contributed by atoms with van der Waals surface area (Å²) in [6.45, 7) is 2.59. The minimum atomic E-state index is -0.454. The van der Waals surface area contributed by atoms with E-state index in [0.717, 1.165) is 11.1 Å². The Morgan fingerprint density at radius 2 is 1.87 bits per heavy atom. The van der Waals surface area contributed by atoms with Crippen molar-refractivity contribution in [3.8, 4) is 17.6 Å². The lowest BCUT2D eigenvalue weighted by atomic mass is 10.1. The second kappa shape index (κ2) is 10.4. The van der Waals surface area contributed by atoms with Crippen LogP contribution in [0.2, 0.25) is 0 Å². The third kappa shape index (κ3) is 5.81. The van der Waals surface area contributed by atoms with Crippen LogP contribution in [0.1, 0.15) is 23.6 Å². The molecule has 0 aliphatic rings. The van der Waals surface area contributed by atoms with Gasteiger partial charge in [-0.1, -0.05) is 18.2 Å². The van der Waals surface area contributed by atoms with Crippen LogP contribution in [0.25, 0.3) is 0 Å². The monoisotopic (exact) mass is 416 g/mol. The second-order valence-corrected chi connectivity index (χ2v) is 6.37. The molecule has 0 atom stereocenters. The van der Waals surface area contributed by atoms with E-state index in [2.05, 4.69) is 16.6 Å². The maximum Gasteiger partial charge on any atom is 0.269 e. The van der Waals surface area contributed by atoms with E-state index in [-0.39, 0.29) is 12.3 Å². The van der Waals surface area contributed by atoms with Crippen LogP contribution < -0.4 is 14.9 Å². The van der Waals surface area contributed by atoms with Gasteiger partial charge in [-0.15, -0.1) is 0 Å². The number of ether oxygens (including phenoxy) is 2. The van der Waals surface area contributed by atoms with Gasteiger partial charge >= 0.3 is 0 Å². The van der Waals surface area contributed by atoms with Crippen molar-refractivity contribution in [3.05, 3.63) is 93.5 Å². The van der Waals surface area contributed by atoms with Gasteiger partial charge < -0.3 is 9.47 Å². The highest BCUT2D eigenvalue weighted by molar-refractivity contribution is 5.81. The Hall–Kier alpha value is -4.38. The molecule has 1 N–H and O–H groups in total. The Morgan fingerprint density at radius 3 is 2.58 bits per heavy atom. The van der Waals surface area contributed by atoms with Crippen molar-refractivity contribution >= 4 is 17.6 Å². The Labute approximate surface area is 179 Å². The fourth-order valence-corrected chi connectivity index (χ4v) is 2.74. The lowest BCUT2D eigenvalue weighted by Gasteiger charge is -2.13. The largest absolute Gasteiger partial charge is 0.490 e. The first-order valence-corrected chi connectivity index (χ1v) is 9.52. The number of benzene rings is 3. The zero-order valence-corrected chi connectivity index (χ0v) is 16.8. The van der Waals surface area contributed by atoms with Gasteiger partial charge in [-0.05, 0) is 48.9 Å². The summed E-state index contributed by atoms with van der Waals surface area (Å²) >= 11 is 0. The summed E-state index contributed by atoms with van der Waals surface area (Å²) in [6, 6.07) is 20.8. The van der Waals surface area contributed by atoms with Crippen LogP contribution in [0.3, 0.4) is 0 Å². The maximum absolute atomic E-state index is 10.7. The normalized spacial score (nSPS) is 10.5. The summed E-state index contributed by atoms with van der Waals surface area (Å²) < 4.78 is 11.6.